The summed E-state index contributed by atoms with van der Waals surface area (Å²) in [5.74, 6) is -0.206. The molecule has 6 nitrogen and oxygen atoms in total. The van der Waals surface area contributed by atoms with Crippen LogP contribution in [0.5, 0.6) is 5.75 Å². The van der Waals surface area contributed by atoms with E-state index in [4.69, 9.17) is 14.7 Å². The van der Waals surface area contributed by atoms with Gasteiger partial charge in [0.05, 0.1) is 18.2 Å². The number of hydrogen-bond donors (Lipinski definition) is 1. The minimum Gasteiger partial charge on any atom is -0.494 e. The first-order valence-corrected chi connectivity index (χ1v) is 8.78. The molecule has 0 fully saturated rings. The number of nitriles is 1. The highest BCUT2D eigenvalue weighted by Crippen LogP contribution is 2.12. The Balaban J connectivity index is 1.75. The topological polar surface area (TPSA) is 88.4 Å². The first-order valence-electron chi connectivity index (χ1n) is 8.78. The second kappa shape index (κ2) is 10.6. The molecule has 1 amide bonds. The summed E-state index contributed by atoms with van der Waals surface area (Å²) in [5, 5.41) is 11.4. The summed E-state index contributed by atoms with van der Waals surface area (Å²) in [6.45, 7) is 2.55. The standard InChI is InChI=1S/C21H22N2O4/c1-2-3-11-26-19-9-7-18(8-10-19)21(25)23-14-20(24)27-15-17-6-4-5-16(12-17)13-22/h4-10,12H,2-3,11,14-15H2,1H3,(H,23,25). The Morgan fingerprint density at radius 2 is 1.93 bits per heavy atom. The fraction of sp³-hybridized carbons (Fsp3) is 0.286. The normalized spacial score (nSPS) is 9.93. The summed E-state index contributed by atoms with van der Waals surface area (Å²) in [4.78, 5) is 23.9. The lowest BCUT2D eigenvalue weighted by Gasteiger charge is -2.08. The van der Waals surface area contributed by atoms with Gasteiger partial charge in [0.15, 0.2) is 0 Å². The lowest BCUT2D eigenvalue weighted by atomic mass is 10.1. The molecule has 2 aromatic carbocycles. The van der Waals surface area contributed by atoms with Gasteiger partial charge in [-0.15, -0.1) is 0 Å². The van der Waals surface area contributed by atoms with Crippen molar-refractivity contribution in [2.75, 3.05) is 13.2 Å². The van der Waals surface area contributed by atoms with E-state index in [-0.39, 0.29) is 19.1 Å². The van der Waals surface area contributed by atoms with Crippen LogP contribution in [0.3, 0.4) is 0 Å². The van der Waals surface area contributed by atoms with Crippen molar-refractivity contribution in [3.05, 3.63) is 65.2 Å². The van der Waals surface area contributed by atoms with Crippen molar-refractivity contribution in [3.8, 4) is 11.8 Å². The number of carbonyl (C=O) groups excluding carboxylic acids is 2. The maximum absolute atomic E-state index is 12.1. The Hall–Kier alpha value is -3.33. The van der Waals surface area contributed by atoms with Gasteiger partial charge in [0.25, 0.3) is 5.91 Å². The van der Waals surface area contributed by atoms with Gasteiger partial charge in [-0.3, -0.25) is 9.59 Å². The van der Waals surface area contributed by atoms with Gasteiger partial charge in [-0.05, 0) is 48.4 Å². The summed E-state index contributed by atoms with van der Waals surface area (Å²) in [5.41, 5.74) is 1.65. The number of benzene rings is 2. The van der Waals surface area contributed by atoms with Crippen LogP contribution in [0.15, 0.2) is 48.5 Å². The molecule has 0 heterocycles. The smallest absolute Gasteiger partial charge is 0.325 e. The van der Waals surface area contributed by atoms with Crippen LogP contribution in [0.25, 0.3) is 0 Å². The molecule has 0 bridgehead atoms. The summed E-state index contributed by atoms with van der Waals surface area (Å²) in [6.07, 6.45) is 2.03. The maximum atomic E-state index is 12.1. The molecule has 0 aromatic heterocycles. The van der Waals surface area contributed by atoms with Crippen molar-refractivity contribution in [2.45, 2.75) is 26.4 Å². The predicted octanol–water partition coefficient (Wildman–Crippen LogP) is 3.21. The number of ether oxygens (including phenoxy) is 2. The van der Waals surface area contributed by atoms with Crippen molar-refractivity contribution >= 4 is 11.9 Å². The van der Waals surface area contributed by atoms with E-state index >= 15 is 0 Å². The van der Waals surface area contributed by atoms with Crippen molar-refractivity contribution in [1.82, 2.24) is 5.32 Å². The molecule has 0 aliphatic rings. The van der Waals surface area contributed by atoms with E-state index in [1.54, 1.807) is 48.5 Å². The highest BCUT2D eigenvalue weighted by molar-refractivity contribution is 5.96. The highest BCUT2D eigenvalue weighted by Gasteiger charge is 2.09. The van der Waals surface area contributed by atoms with E-state index < -0.39 is 5.97 Å². The van der Waals surface area contributed by atoms with Crippen molar-refractivity contribution in [2.24, 2.45) is 0 Å². The molecule has 0 atom stereocenters. The van der Waals surface area contributed by atoms with Crippen LogP contribution in [0.1, 0.15) is 41.3 Å². The average Bonchev–Trinajstić information content (AvgIpc) is 2.71. The number of carbonyl (C=O) groups is 2. The SMILES string of the molecule is CCCCOc1ccc(C(=O)NCC(=O)OCc2cccc(C#N)c2)cc1. The lowest BCUT2D eigenvalue weighted by molar-refractivity contribution is -0.143. The number of amides is 1. The number of nitrogens with zero attached hydrogens (tertiary/aromatic N) is 1. The van der Waals surface area contributed by atoms with Crippen molar-refractivity contribution in [1.29, 1.82) is 5.26 Å². The third-order valence-electron chi connectivity index (χ3n) is 3.73. The number of hydrogen-bond acceptors (Lipinski definition) is 5. The number of rotatable bonds is 9. The summed E-state index contributed by atoms with van der Waals surface area (Å²) in [7, 11) is 0. The van der Waals surface area contributed by atoms with Gasteiger partial charge in [-0.25, -0.2) is 0 Å². The van der Waals surface area contributed by atoms with E-state index in [2.05, 4.69) is 12.2 Å². The van der Waals surface area contributed by atoms with Gasteiger partial charge in [0.2, 0.25) is 0 Å². The Morgan fingerprint density at radius 1 is 1.15 bits per heavy atom. The largest absolute Gasteiger partial charge is 0.494 e. The van der Waals surface area contributed by atoms with E-state index in [0.717, 1.165) is 12.8 Å². The molecule has 2 aromatic rings. The monoisotopic (exact) mass is 366 g/mol. The average molecular weight is 366 g/mol. The molecule has 6 heteroatoms. The minimum absolute atomic E-state index is 0.0496. The minimum atomic E-state index is -0.551. The molecule has 0 radical (unpaired) electrons. The molecule has 140 valence electrons. The molecule has 2 rings (SSSR count). The van der Waals surface area contributed by atoms with Gasteiger partial charge in [-0.2, -0.15) is 5.26 Å². The molecular weight excluding hydrogens is 344 g/mol. The summed E-state index contributed by atoms with van der Waals surface area (Å²) >= 11 is 0. The Kier molecular flexibility index (Phi) is 7.86. The van der Waals surface area contributed by atoms with Gasteiger partial charge in [0, 0.05) is 5.56 Å². The van der Waals surface area contributed by atoms with Crippen molar-refractivity contribution < 1.29 is 19.1 Å². The van der Waals surface area contributed by atoms with Crippen LogP contribution in [0.4, 0.5) is 0 Å². The molecule has 0 aliphatic carbocycles. The summed E-state index contributed by atoms with van der Waals surface area (Å²) < 4.78 is 10.6. The second-order valence-electron chi connectivity index (χ2n) is 5.88. The van der Waals surface area contributed by atoms with E-state index in [1.807, 2.05) is 6.07 Å². The van der Waals surface area contributed by atoms with Crippen LogP contribution in [0, 0.1) is 11.3 Å². The zero-order valence-electron chi connectivity index (χ0n) is 15.2. The molecule has 27 heavy (non-hydrogen) atoms. The van der Waals surface area contributed by atoms with Crippen molar-refractivity contribution in [3.63, 3.8) is 0 Å². The molecule has 0 saturated heterocycles. The number of esters is 1. The maximum Gasteiger partial charge on any atom is 0.325 e. The molecule has 0 aliphatic heterocycles. The first kappa shape index (κ1) is 20.0. The zero-order chi connectivity index (χ0) is 19.5. The molecule has 1 N–H and O–H groups in total. The zero-order valence-corrected chi connectivity index (χ0v) is 15.2. The molecular formula is C21H22N2O4. The fourth-order valence-corrected chi connectivity index (χ4v) is 2.24. The van der Waals surface area contributed by atoms with Gasteiger partial charge >= 0.3 is 5.97 Å². The van der Waals surface area contributed by atoms with Gasteiger partial charge in [0.1, 0.15) is 18.9 Å². The third-order valence-corrected chi connectivity index (χ3v) is 3.73. The molecule has 0 saturated carbocycles. The number of nitrogens with one attached hydrogen (secondary N) is 1. The molecule has 0 spiro atoms. The Labute approximate surface area is 158 Å². The van der Waals surface area contributed by atoms with Crippen LogP contribution in [0.2, 0.25) is 0 Å². The first-order chi connectivity index (χ1) is 13.1. The summed E-state index contributed by atoms with van der Waals surface area (Å²) in [6, 6.07) is 15.6. The highest BCUT2D eigenvalue weighted by atomic mass is 16.5. The Morgan fingerprint density at radius 3 is 2.63 bits per heavy atom. The quantitative estimate of drug-likeness (QED) is 0.544. The van der Waals surface area contributed by atoms with Crippen LogP contribution < -0.4 is 10.1 Å². The fourth-order valence-electron chi connectivity index (χ4n) is 2.24. The Bertz CT molecular complexity index is 810. The van der Waals surface area contributed by atoms with Crippen LogP contribution in [-0.4, -0.2) is 25.0 Å². The van der Waals surface area contributed by atoms with Crippen LogP contribution in [-0.2, 0) is 16.1 Å². The van der Waals surface area contributed by atoms with E-state index in [9.17, 15) is 9.59 Å². The lowest BCUT2D eigenvalue weighted by Crippen LogP contribution is -2.30. The van der Waals surface area contributed by atoms with Crippen LogP contribution >= 0.6 is 0 Å². The molecule has 0 unspecified atom stereocenters. The van der Waals surface area contributed by atoms with E-state index in [1.165, 1.54) is 0 Å². The van der Waals surface area contributed by atoms with E-state index in [0.29, 0.717) is 29.0 Å². The third kappa shape index (κ3) is 6.83. The predicted molar refractivity (Wildman–Crippen MR) is 100 cm³/mol. The van der Waals surface area contributed by atoms with Gasteiger partial charge in [-0.1, -0.05) is 25.5 Å². The number of unbranched alkanes of at least 4 members (excludes halogenated alkanes) is 1. The van der Waals surface area contributed by atoms with Gasteiger partial charge < -0.3 is 14.8 Å². The second-order valence-corrected chi connectivity index (χ2v) is 5.88.